The van der Waals surface area contributed by atoms with E-state index >= 15 is 0 Å². The first-order valence-electron chi connectivity index (χ1n) is 12.1. The summed E-state index contributed by atoms with van der Waals surface area (Å²) >= 11 is 0. The number of hydrogen-bond acceptors (Lipinski definition) is 2. The van der Waals surface area contributed by atoms with E-state index in [2.05, 4.69) is 35.8 Å². The number of nitrogens with one attached hydrogen (secondary N) is 3. The van der Waals surface area contributed by atoms with Crippen LogP contribution in [0.1, 0.15) is 51.1 Å². The molecule has 0 bridgehead atoms. The van der Waals surface area contributed by atoms with E-state index in [4.69, 9.17) is 5.41 Å². The highest BCUT2D eigenvalue weighted by molar-refractivity contribution is 5.78. The predicted molar refractivity (Wildman–Crippen MR) is 133 cm³/mol. The van der Waals surface area contributed by atoms with Gasteiger partial charge in [-0.25, -0.2) is 9.18 Å². The zero-order valence-electron chi connectivity index (χ0n) is 19.9. The van der Waals surface area contributed by atoms with Crippen LogP contribution in [0.25, 0.3) is 0 Å². The molecule has 2 aliphatic rings. The molecule has 0 saturated heterocycles. The van der Waals surface area contributed by atoms with Crippen molar-refractivity contribution in [1.29, 1.82) is 5.41 Å². The Kier molecular flexibility index (Phi) is 7.27. The monoisotopic (exact) mass is 461 g/mol. The summed E-state index contributed by atoms with van der Waals surface area (Å²) in [5.74, 6) is 0.133. The van der Waals surface area contributed by atoms with Crippen molar-refractivity contribution < 1.29 is 14.5 Å². The summed E-state index contributed by atoms with van der Waals surface area (Å²) in [6.45, 7) is 4.81. The number of quaternary nitrogens is 1. The quantitative estimate of drug-likeness (QED) is 0.319. The summed E-state index contributed by atoms with van der Waals surface area (Å²) in [5, 5.41) is 16.2. The Morgan fingerprint density at radius 2 is 1.97 bits per heavy atom. The van der Waals surface area contributed by atoms with E-state index in [1.165, 1.54) is 23.9 Å². The first-order chi connectivity index (χ1) is 16.4. The minimum absolute atomic E-state index is 0.0526. The molecule has 0 aliphatic heterocycles. The van der Waals surface area contributed by atoms with Crippen molar-refractivity contribution in [2.75, 3.05) is 6.54 Å². The van der Waals surface area contributed by atoms with Crippen LogP contribution in [-0.4, -0.2) is 18.8 Å². The van der Waals surface area contributed by atoms with Crippen LogP contribution in [0.15, 0.2) is 77.5 Å². The molecule has 2 aromatic carbocycles. The van der Waals surface area contributed by atoms with Crippen molar-refractivity contribution in [3.05, 3.63) is 88.9 Å². The Hall–Kier alpha value is -3.25. The van der Waals surface area contributed by atoms with Crippen LogP contribution in [0.2, 0.25) is 0 Å². The van der Waals surface area contributed by atoms with Crippen LogP contribution >= 0.6 is 0 Å². The van der Waals surface area contributed by atoms with Gasteiger partial charge in [-0.3, -0.25) is 5.32 Å². The number of carbonyl (C=O) groups is 1. The van der Waals surface area contributed by atoms with Crippen molar-refractivity contribution in [1.82, 2.24) is 10.6 Å². The van der Waals surface area contributed by atoms with Gasteiger partial charge in [0, 0.05) is 30.5 Å². The molecule has 6 heteroatoms. The minimum atomic E-state index is -0.249. The van der Waals surface area contributed by atoms with Gasteiger partial charge in [0.2, 0.25) is 0 Å². The second-order valence-corrected chi connectivity index (χ2v) is 9.52. The molecule has 0 spiro atoms. The summed E-state index contributed by atoms with van der Waals surface area (Å²) in [4.78, 5) is 12.4. The smallest absolute Gasteiger partial charge is 0.315 e. The van der Waals surface area contributed by atoms with Gasteiger partial charge in [0.05, 0.1) is 6.04 Å². The number of carbonyl (C=O) groups excluding carboxylic acids is 1. The molecule has 0 heterocycles. The van der Waals surface area contributed by atoms with Gasteiger partial charge >= 0.3 is 6.03 Å². The highest BCUT2D eigenvalue weighted by Gasteiger charge is 2.46. The highest BCUT2D eigenvalue weighted by atomic mass is 19.1. The number of allylic oxidation sites excluding steroid dienone is 3. The third-order valence-electron chi connectivity index (χ3n) is 7.39. The Bertz CT molecular complexity index is 1090. The van der Waals surface area contributed by atoms with Crippen molar-refractivity contribution in [2.45, 2.75) is 45.6 Å². The Balaban J connectivity index is 1.56. The molecule has 5 nitrogen and oxygen atoms in total. The Morgan fingerprint density at radius 3 is 2.65 bits per heavy atom. The lowest BCUT2D eigenvalue weighted by Crippen LogP contribution is -2.76. The van der Waals surface area contributed by atoms with Crippen molar-refractivity contribution >= 4 is 17.9 Å². The van der Waals surface area contributed by atoms with Gasteiger partial charge in [0.1, 0.15) is 17.2 Å². The normalized spacial score (nSPS) is 22.6. The molecular formula is C28H34FN4O+. The Morgan fingerprint density at radius 1 is 1.24 bits per heavy atom. The molecule has 0 aromatic heterocycles. The third kappa shape index (κ3) is 5.12. The first-order valence-corrected chi connectivity index (χ1v) is 12.1. The molecule has 3 atom stereocenters. The summed E-state index contributed by atoms with van der Waals surface area (Å²) in [6.07, 6.45) is 7.40. The summed E-state index contributed by atoms with van der Waals surface area (Å²) in [7, 11) is 0. The fourth-order valence-electron chi connectivity index (χ4n) is 5.47. The lowest BCUT2D eigenvalue weighted by atomic mass is 9.67. The maximum Gasteiger partial charge on any atom is 0.315 e. The first kappa shape index (κ1) is 23.9. The number of nitrogens with two attached hydrogens (primary N) is 1. The molecule has 1 saturated carbocycles. The van der Waals surface area contributed by atoms with E-state index in [9.17, 15) is 9.18 Å². The largest absolute Gasteiger partial charge is 0.338 e. The zero-order chi connectivity index (χ0) is 24.1. The molecule has 2 aliphatic carbocycles. The number of halogens is 1. The van der Waals surface area contributed by atoms with Gasteiger partial charge in [-0.15, -0.1) is 0 Å². The third-order valence-corrected chi connectivity index (χ3v) is 7.39. The van der Waals surface area contributed by atoms with Crippen LogP contribution in [0.4, 0.5) is 14.9 Å². The van der Waals surface area contributed by atoms with Crippen molar-refractivity contribution in [3.8, 4) is 0 Å². The summed E-state index contributed by atoms with van der Waals surface area (Å²) in [6, 6.07) is 16.4. The van der Waals surface area contributed by atoms with E-state index in [0.29, 0.717) is 12.5 Å². The zero-order valence-corrected chi connectivity index (χ0v) is 19.9. The maximum absolute atomic E-state index is 13.3. The average molecular weight is 462 g/mol. The number of hydrogen-bond donors (Lipinski definition) is 4. The van der Waals surface area contributed by atoms with Gasteiger partial charge in [-0.2, -0.15) is 0 Å². The SMILES string of the molecule is CCNC(=O)NC(C[C@H]1CCC2=CC([NH2+]c3ccc(F)cc3)=C(C=N)C[C@@]21C)c1ccccc1. The fourth-order valence-corrected chi connectivity index (χ4v) is 5.47. The number of benzene rings is 2. The fraction of sp³-hybridized carbons (Fsp3) is 0.357. The van der Waals surface area contributed by atoms with Crippen LogP contribution in [0, 0.1) is 22.6 Å². The van der Waals surface area contributed by atoms with E-state index in [1.807, 2.05) is 30.4 Å². The van der Waals surface area contributed by atoms with E-state index in [0.717, 1.165) is 48.2 Å². The standard InChI is InChI=1S/C28H33FN4O/c1-3-31-27(34)33-25(19-7-5-4-6-8-19)15-21-9-10-22-16-26(20(18-30)17-28(21,22)2)32-24-13-11-23(29)12-14-24/h4-8,11-14,16,18,21,25,30,32H,3,9-10,15,17H2,1-2H3,(H2,31,33,34)/p+1/t21-,25?,28-/m1/s1. The number of fused-ring (bicyclic) bond motifs is 1. The number of amides is 2. The van der Waals surface area contributed by atoms with Crippen LogP contribution < -0.4 is 16.0 Å². The van der Waals surface area contributed by atoms with Crippen molar-refractivity contribution in [2.24, 2.45) is 11.3 Å². The summed E-state index contributed by atoms with van der Waals surface area (Å²) in [5.41, 5.74) is 5.43. The van der Waals surface area contributed by atoms with Crippen LogP contribution in [-0.2, 0) is 0 Å². The summed E-state index contributed by atoms with van der Waals surface area (Å²) < 4.78 is 13.3. The lowest BCUT2D eigenvalue weighted by molar-refractivity contribution is -0.513. The molecule has 1 fully saturated rings. The average Bonchev–Trinajstić information content (AvgIpc) is 3.15. The van der Waals surface area contributed by atoms with Gasteiger partial charge in [-0.05, 0) is 67.7 Å². The Labute approximate surface area is 201 Å². The second kappa shape index (κ2) is 10.3. The van der Waals surface area contributed by atoms with Crippen LogP contribution in [0.5, 0.6) is 0 Å². The van der Waals surface area contributed by atoms with Gasteiger partial charge in [-0.1, -0.05) is 42.8 Å². The molecular weight excluding hydrogens is 427 g/mol. The maximum atomic E-state index is 13.3. The van der Waals surface area contributed by atoms with E-state index < -0.39 is 0 Å². The molecule has 2 amide bonds. The highest BCUT2D eigenvalue weighted by Crippen LogP contribution is 2.55. The van der Waals surface area contributed by atoms with Crippen molar-refractivity contribution in [3.63, 3.8) is 0 Å². The van der Waals surface area contributed by atoms with Gasteiger partial charge in [0.15, 0.2) is 0 Å². The molecule has 34 heavy (non-hydrogen) atoms. The topological polar surface area (TPSA) is 81.6 Å². The molecule has 4 rings (SSSR count). The lowest BCUT2D eigenvalue weighted by Gasteiger charge is -2.38. The second-order valence-electron chi connectivity index (χ2n) is 9.52. The van der Waals surface area contributed by atoms with E-state index in [1.54, 1.807) is 12.1 Å². The van der Waals surface area contributed by atoms with E-state index in [-0.39, 0.29) is 23.3 Å². The number of rotatable bonds is 8. The molecule has 178 valence electrons. The molecule has 1 unspecified atom stereocenters. The van der Waals surface area contributed by atoms with Gasteiger partial charge in [0.25, 0.3) is 0 Å². The predicted octanol–water partition coefficient (Wildman–Crippen LogP) is 5.12. The minimum Gasteiger partial charge on any atom is -0.338 e. The van der Waals surface area contributed by atoms with Crippen LogP contribution in [0.3, 0.4) is 0 Å². The molecule has 2 aromatic rings. The van der Waals surface area contributed by atoms with Gasteiger partial charge < -0.3 is 16.0 Å². The molecule has 5 N–H and O–H groups in total. The molecule has 0 radical (unpaired) electrons. The number of urea groups is 1.